The lowest BCUT2D eigenvalue weighted by molar-refractivity contribution is 0.178. The van der Waals surface area contributed by atoms with Crippen LogP contribution in [0.3, 0.4) is 0 Å². The first kappa shape index (κ1) is 15.6. The van der Waals surface area contributed by atoms with Crippen LogP contribution in [0, 0.1) is 5.41 Å². The van der Waals surface area contributed by atoms with Gasteiger partial charge >= 0.3 is 0 Å². The number of aromatic nitrogens is 2. The van der Waals surface area contributed by atoms with Crippen molar-refractivity contribution in [3.63, 3.8) is 0 Å². The predicted molar refractivity (Wildman–Crippen MR) is 85.0 cm³/mol. The number of rotatable bonds is 7. The van der Waals surface area contributed by atoms with E-state index in [9.17, 15) is 0 Å². The maximum absolute atomic E-state index is 4.72. The van der Waals surface area contributed by atoms with Crippen LogP contribution in [0.2, 0.25) is 0 Å². The van der Waals surface area contributed by atoms with Crippen molar-refractivity contribution in [2.45, 2.75) is 72.3 Å². The highest BCUT2D eigenvalue weighted by atomic mass is 15.3. The van der Waals surface area contributed by atoms with Crippen molar-refractivity contribution >= 4 is 0 Å². The molecule has 1 heterocycles. The van der Waals surface area contributed by atoms with Crippen LogP contribution in [-0.4, -0.2) is 22.9 Å². The van der Waals surface area contributed by atoms with Gasteiger partial charge in [0, 0.05) is 18.8 Å². The average molecular weight is 277 g/mol. The van der Waals surface area contributed by atoms with Gasteiger partial charge in [-0.1, -0.05) is 33.1 Å². The summed E-state index contributed by atoms with van der Waals surface area (Å²) in [5, 5.41) is 8.33. The molecular weight excluding hydrogens is 246 g/mol. The lowest BCUT2D eigenvalue weighted by atomic mass is 9.71. The van der Waals surface area contributed by atoms with Crippen molar-refractivity contribution in [1.29, 1.82) is 0 Å². The second-order valence-corrected chi connectivity index (χ2v) is 6.31. The van der Waals surface area contributed by atoms with Gasteiger partial charge in [-0.3, -0.25) is 4.68 Å². The summed E-state index contributed by atoms with van der Waals surface area (Å²) in [7, 11) is 0. The summed E-state index contributed by atoms with van der Waals surface area (Å²) < 4.78 is 2.22. The molecule has 1 N–H and O–H groups in total. The molecule has 1 aliphatic carbocycles. The summed E-state index contributed by atoms with van der Waals surface area (Å²) in [6.07, 6.45) is 9.19. The molecule has 0 spiro atoms. The van der Waals surface area contributed by atoms with Crippen molar-refractivity contribution in [3.8, 4) is 0 Å². The van der Waals surface area contributed by atoms with E-state index in [0.717, 1.165) is 19.5 Å². The van der Waals surface area contributed by atoms with Gasteiger partial charge in [-0.2, -0.15) is 5.10 Å². The van der Waals surface area contributed by atoms with E-state index in [1.807, 2.05) is 0 Å². The van der Waals surface area contributed by atoms with Crippen molar-refractivity contribution in [1.82, 2.24) is 15.1 Å². The quantitative estimate of drug-likeness (QED) is 0.826. The van der Waals surface area contributed by atoms with Gasteiger partial charge in [0.25, 0.3) is 0 Å². The van der Waals surface area contributed by atoms with Crippen LogP contribution >= 0.6 is 0 Å². The lowest BCUT2D eigenvalue weighted by Crippen LogP contribution is -2.38. The van der Waals surface area contributed by atoms with Crippen LogP contribution in [0.25, 0.3) is 0 Å². The van der Waals surface area contributed by atoms with Crippen molar-refractivity contribution in [2.75, 3.05) is 13.1 Å². The molecule has 1 fully saturated rings. The summed E-state index contributed by atoms with van der Waals surface area (Å²) in [5.41, 5.74) is 3.16. The van der Waals surface area contributed by atoms with E-state index in [1.165, 1.54) is 56.5 Å². The fourth-order valence-corrected chi connectivity index (χ4v) is 3.60. The highest BCUT2D eigenvalue weighted by Gasteiger charge is 2.32. The molecule has 0 atom stereocenters. The third-order valence-electron chi connectivity index (χ3n) is 4.80. The molecule has 0 saturated heterocycles. The Morgan fingerprint density at radius 3 is 2.55 bits per heavy atom. The Morgan fingerprint density at radius 1 is 1.20 bits per heavy atom. The normalized spacial score (nSPS) is 18.4. The summed E-state index contributed by atoms with van der Waals surface area (Å²) >= 11 is 0. The smallest absolute Gasteiger partial charge is 0.0624 e. The van der Waals surface area contributed by atoms with E-state index >= 15 is 0 Å². The highest BCUT2D eigenvalue weighted by molar-refractivity contribution is 5.13. The molecule has 0 radical (unpaired) electrons. The average Bonchev–Trinajstić information content (AvgIpc) is 2.88. The lowest BCUT2D eigenvalue weighted by Gasteiger charge is -2.37. The Labute approximate surface area is 124 Å². The van der Waals surface area contributed by atoms with Crippen LogP contribution < -0.4 is 5.32 Å². The van der Waals surface area contributed by atoms with Gasteiger partial charge in [0.05, 0.1) is 5.69 Å². The monoisotopic (exact) mass is 277 g/mol. The minimum Gasteiger partial charge on any atom is -0.316 e. The number of hydrogen-bond donors (Lipinski definition) is 1. The van der Waals surface area contributed by atoms with Gasteiger partial charge in [-0.15, -0.1) is 0 Å². The molecule has 1 aliphatic rings. The number of aryl methyl sites for hydroxylation is 2. The van der Waals surface area contributed by atoms with Crippen LogP contribution in [0.1, 0.15) is 64.3 Å². The van der Waals surface area contributed by atoms with Crippen LogP contribution in [0.15, 0.2) is 6.07 Å². The largest absolute Gasteiger partial charge is 0.316 e. The Balaban J connectivity index is 2.15. The van der Waals surface area contributed by atoms with E-state index in [1.54, 1.807) is 0 Å². The Kier molecular flexibility index (Phi) is 5.64. The predicted octanol–water partition coefficient (Wildman–Crippen LogP) is 3.57. The summed E-state index contributed by atoms with van der Waals surface area (Å²) in [6.45, 7) is 9.85. The first-order valence-corrected chi connectivity index (χ1v) is 8.49. The summed E-state index contributed by atoms with van der Waals surface area (Å²) in [6, 6.07) is 2.34. The van der Waals surface area contributed by atoms with Crippen molar-refractivity contribution in [3.05, 3.63) is 17.5 Å². The number of nitrogens with zero attached hydrogens (tertiary/aromatic N) is 2. The van der Waals surface area contributed by atoms with E-state index in [0.29, 0.717) is 5.41 Å². The maximum Gasteiger partial charge on any atom is 0.0624 e. The van der Waals surface area contributed by atoms with E-state index in [-0.39, 0.29) is 0 Å². The van der Waals surface area contributed by atoms with Gasteiger partial charge in [-0.25, -0.2) is 0 Å². The van der Waals surface area contributed by atoms with Gasteiger partial charge in [0.1, 0.15) is 0 Å². The fourth-order valence-electron chi connectivity index (χ4n) is 3.60. The SMILES string of the molecule is CCNCC1(Cc2cc(CC)nn2CC)CCCCC1. The Morgan fingerprint density at radius 2 is 1.95 bits per heavy atom. The third kappa shape index (κ3) is 3.63. The van der Waals surface area contributed by atoms with Crippen molar-refractivity contribution in [2.24, 2.45) is 5.41 Å². The molecule has 0 aliphatic heterocycles. The van der Waals surface area contributed by atoms with E-state index in [4.69, 9.17) is 5.10 Å². The molecule has 1 aromatic heterocycles. The minimum atomic E-state index is 0.465. The van der Waals surface area contributed by atoms with Gasteiger partial charge in [0.2, 0.25) is 0 Å². The maximum atomic E-state index is 4.72. The van der Waals surface area contributed by atoms with Crippen molar-refractivity contribution < 1.29 is 0 Å². The third-order valence-corrected chi connectivity index (χ3v) is 4.80. The molecule has 0 bridgehead atoms. The molecule has 0 amide bonds. The minimum absolute atomic E-state index is 0.465. The van der Waals surface area contributed by atoms with Crippen LogP contribution in [0.4, 0.5) is 0 Å². The first-order valence-electron chi connectivity index (χ1n) is 8.49. The second kappa shape index (κ2) is 7.26. The first-order chi connectivity index (χ1) is 9.73. The summed E-state index contributed by atoms with van der Waals surface area (Å²) in [5.74, 6) is 0. The molecule has 0 unspecified atom stereocenters. The Hall–Kier alpha value is -0.830. The second-order valence-electron chi connectivity index (χ2n) is 6.31. The molecular formula is C17H31N3. The zero-order valence-electron chi connectivity index (χ0n) is 13.5. The molecule has 3 heteroatoms. The molecule has 20 heavy (non-hydrogen) atoms. The highest BCUT2D eigenvalue weighted by Crippen LogP contribution is 2.39. The number of nitrogens with one attached hydrogen (secondary N) is 1. The van der Waals surface area contributed by atoms with E-state index < -0.39 is 0 Å². The van der Waals surface area contributed by atoms with Gasteiger partial charge in [-0.05, 0) is 50.6 Å². The molecule has 2 rings (SSSR count). The van der Waals surface area contributed by atoms with Gasteiger partial charge in [0.15, 0.2) is 0 Å². The molecule has 1 aromatic rings. The standard InChI is InChI=1S/C17H31N3/c1-4-15-12-16(20(6-3)19-15)13-17(14-18-5-2)10-8-7-9-11-17/h12,18H,4-11,13-14H2,1-3H3. The molecule has 0 aromatic carbocycles. The molecule has 1 saturated carbocycles. The van der Waals surface area contributed by atoms with E-state index in [2.05, 4.69) is 36.8 Å². The van der Waals surface area contributed by atoms with Gasteiger partial charge < -0.3 is 5.32 Å². The zero-order chi connectivity index (χ0) is 14.4. The molecule has 3 nitrogen and oxygen atoms in total. The van der Waals surface area contributed by atoms with Crippen LogP contribution in [-0.2, 0) is 19.4 Å². The summed E-state index contributed by atoms with van der Waals surface area (Å²) in [4.78, 5) is 0. The molecule has 114 valence electrons. The fraction of sp³-hybridized carbons (Fsp3) is 0.824. The topological polar surface area (TPSA) is 29.9 Å². The number of hydrogen-bond acceptors (Lipinski definition) is 2. The zero-order valence-corrected chi connectivity index (χ0v) is 13.5. The Bertz CT molecular complexity index is 402. The van der Waals surface area contributed by atoms with Crippen LogP contribution in [0.5, 0.6) is 0 Å².